The van der Waals surface area contributed by atoms with E-state index >= 15 is 0 Å². The van der Waals surface area contributed by atoms with E-state index in [1.165, 1.54) is 128 Å². The van der Waals surface area contributed by atoms with Crippen LogP contribution in [0, 0.1) is 0 Å². The van der Waals surface area contributed by atoms with E-state index in [0.29, 0.717) is 12.8 Å². The Kier molecular flexibility index (Phi) is 48.5. The van der Waals surface area contributed by atoms with Gasteiger partial charge in [-0.2, -0.15) is 0 Å². The smallest absolute Gasteiger partial charge is 0.306 e. The summed E-state index contributed by atoms with van der Waals surface area (Å²) >= 11 is 0. The van der Waals surface area contributed by atoms with Crippen molar-refractivity contribution in [3.63, 3.8) is 0 Å². The number of hydrogen-bond donors (Lipinski definition) is 6. The van der Waals surface area contributed by atoms with Gasteiger partial charge < -0.3 is 45.1 Å². The third-order valence-corrected chi connectivity index (χ3v) is 14.1. The minimum Gasteiger partial charge on any atom is -0.454 e. The van der Waals surface area contributed by atoms with Crippen LogP contribution in [0.25, 0.3) is 0 Å². The third kappa shape index (κ3) is 40.0. The van der Waals surface area contributed by atoms with Crippen molar-refractivity contribution in [3.05, 3.63) is 72.9 Å². The quantitative estimate of drug-likeness (QED) is 0.0195. The van der Waals surface area contributed by atoms with Gasteiger partial charge in [-0.05, 0) is 89.9 Å². The molecule has 0 bridgehead atoms. The van der Waals surface area contributed by atoms with Crippen molar-refractivity contribution in [3.8, 4) is 0 Å². The number of unbranched alkanes of at least 4 members (excludes halogenated alkanes) is 27. The first-order valence-electron chi connectivity index (χ1n) is 30.7. The molecule has 434 valence electrons. The average Bonchev–Trinajstić information content (AvgIpc) is 3.41. The van der Waals surface area contributed by atoms with Crippen LogP contribution in [0.3, 0.4) is 0 Å². The molecular weight excluding hydrogens is 943 g/mol. The fourth-order valence-electron chi connectivity index (χ4n) is 9.17. The van der Waals surface area contributed by atoms with Crippen LogP contribution in [0.1, 0.15) is 258 Å². The molecule has 1 amide bonds. The number of ether oxygens (including phenoxy) is 3. The molecule has 1 saturated heterocycles. The first-order valence-corrected chi connectivity index (χ1v) is 30.7. The van der Waals surface area contributed by atoms with Crippen LogP contribution >= 0.6 is 0 Å². The summed E-state index contributed by atoms with van der Waals surface area (Å²) in [4.78, 5) is 26.5. The van der Waals surface area contributed by atoms with Gasteiger partial charge in [0.25, 0.3) is 0 Å². The highest BCUT2D eigenvalue weighted by Gasteiger charge is 2.47. The van der Waals surface area contributed by atoms with Gasteiger partial charge in [0.15, 0.2) is 12.4 Å². The predicted molar refractivity (Wildman–Crippen MR) is 310 cm³/mol. The number of rotatable bonds is 51. The molecule has 1 rings (SSSR count). The van der Waals surface area contributed by atoms with Gasteiger partial charge in [-0.1, -0.05) is 235 Å². The van der Waals surface area contributed by atoms with E-state index in [0.717, 1.165) is 83.5 Å². The second-order valence-electron chi connectivity index (χ2n) is 21.1. The lowest BCUT2D eigenvalue weighted by molar-refractivity contribution is -0.305. The number of allylic oxidation sites excluding steroid dienone is 11. The highest BCUT2D eigenvalue weighted by Crippen LogP contribution is 2.26. The fraction of sp³-hybridized carbons (Fsp3) is 0.781. The number of carbonyl (C=O) groups excluding carboxylic acids is 2. The highest BCUT2D eigenvalue weighted by atomic mass is 16.7. The standard InChI is InChI=1S/C64H113NO10/c1-4-7-10-13-16-19-22-25-27-29-31-34-37-40-43-46-49-52-59(69)75-62-61(71)60(70)58(53-66)74-64(62)73-54-55(56(67)50-47-44-41-38-35-32-24-21-18-15-12-9-6-3)65-63(72)57(68)51-48-45-42-39-36-33-30-28-26-23-20-17-14-11-8-5-2/h17,20,25-28,33,36,42,45,47,50,55-58,60-62,64,66-68,70-71H,4-16,18-19,21-24,29-32,34-35,37-41,43-44,46,48-49,51-54H2,1-3H3,(H,65,72)/b20-17-,27-25+,28-26-,36-33-,45-42-,50-47+. The van der Waals surface area contributed by atoms with Crippen molar-refractivity contribution in [2.75, 3.05) is 13.2 Å². The van der Waals surface area contributed by atoms with Crippen LogP contribution in [0.4, 0.5) is 0 Å². The van der Waals surface area contributed by atoms with E-state index in [9.17, 15) is 35.1 Å². The van der Waals surface area contributed by atoms with Crippen LogP contribution in [-0.4, -0.2) is 99.6 Å². The summed E-state index contributed by atoms with van der Waals surface area (Å²) in [5.41, 5.74) is 0. The van der Waals surface area contributed by atoms with E-state index < -0.39 is 67.4 Å². The van der Waals surface area contributed by atoms with Crippen LogP contribution < -0.4 is 5.32 Å². The van der Waals surface area contributed by atoms with Crippen molar-refractivity contribution in [1.82, 2.24) is 5.32 Å². The summed E-state index contributed by atoms with van der Waals surface area (Å²) in [7, 11) is 0. The lowest BCUT2D eigenvalue weighted by Crippen LogP contribution is -2.61. The summed E-state index contributed by atoms with van der Waals surface area (Å²) in [6, 6.07) is -1.06. The Hall–Kier alpha value is -2.90. The fourth-order valence-corrected chi connectivity index (χ4v) is 9.17. The molecule has 0 radical (unpaired) electrons. The second kappa shape index (κ2) is 51.8. The van der Waals surface area contributed by atoms with E-state index in [-0.39, 0.29) is 19.4 Å². The molecule has 75 heavy (non-hydrogen) atoms. The first kappa shape index (κ1) is 70.1. The molecular formula is C64H113NO10. The second-order valence-corrected chi connectivity index (χ2v) is 21.1. The molecule has 11 heteroatoms. The Morgan fingerprint density at radius 1 is 0.520 bits per heavy atom. The molecule has 1 fully saturated rings. The molecule has 1 aliphatic heterocycles. The van der Waals surface area contributed by atoms with E-state index in [1.54, 1.807) is 6.08 Å². The van der Waals surface area contributed by atoms with Gasteiger partial charge in [0.2, 0.25) is 5.91 Å². The molecule has 6 N–H and O–H groups in total. The van der Waals surface area contributed by atoms with Crippen molar-refractivity contribution < 1.29 is 49.3 Å². The normalized spacial score (nSPS) is 19.7. The molecule has 1 heterocycles. The van der Waals surface area contributed by atoms with Crippen molar-refractivity contribution in [2.24, 2.45) is 0 Å². The first-order chi connectivity index (χ1) is 36.7. The Balaban J connectivity index is 2.75. The Bertz CT molecular complexity index is 1490. The van der Waals surface area contributed by atoms with Gasteiger partial charge in [-0.15, -0.1) is 0 Å². The number of esters is 1. The number of amides is 1. The summed E-state index contributed by atoms with van der Waals surface area (Å²) in [5, 5.41) is 56.9. The number of hydrogen-bond acceptors (Lipinski definition) is 10. The van der Waals surface area contributed by atoms with Crippen LogP contribution in [0.2, 0.25) is 0 Å². The molecule has 8 atom stereocenters. The Morgan fingerprint density at radius 3 is 1.41 bits per heavy atom. The van der Waals surface area contributed by atoms with Gasteiger partial charge >= 0.3 is 5.97 Å². The molecule has 1 aliphatic rings. The van der Waals surface area contributed by atoms with Crippen LogP contribution in [0.5, 0.6) is 0 Å². The number of nitrogens with one attached hydrogen (secondary N) is 1. The molecule has 0 aromatic heterocycles. The van der Waals surface area contributed by atoms with Crippen LogP contribution in [-0.2, 0) is 23.8 Å². The summed E-state index contributed by atoms with van der Waals surface area (Å²) in [6.07, 6.45) is 55.1. The van der Waals surface area contributed by atoms with E-state index in [2.05, 4.69) is 74.7 Å². The summed E-state index contributed by atoms with van der Waals surface area (Å²) in [5.74, 6) is -1.26. The molecule has 0 spiro atoms. The minimum atomic E-state index is -1.63. The summed E-state index contributed by atoms with van der Waals surface area (Å²) in [6.45, 7) is 5.72. The van der Waals surface area contributed by atoms with Crippen molar-refractivity contribution >= 4 is 11.9 Å². The van der Waals surface area contributed by atoms with Gasteiger partial charge in [-0.3, -0.25) is 9.59 Å². The number of aliphatic hydroxyl groups excluding tert-OH is 5. The lowest BCUT2D eigenvalue weighted by atomic mass is 9.99. The molecule has 0 aromatic carbocycles. The number of aliphatic hydroxyl groups is 5. The predicted octanol–water partition coefficient (Wildman–Crippen LogP) is 14.4. The van der Waals surface area contributed by atoms with Crippen LogP contribution in [0.15, 0.2) is 72.9 Å². The topological polar surface area (TPSA) is 175 Å². The average molecular weight is 1060 g/mol. The van der Waals surface area contributed by atoms with E-state index in [1.807, 2.05) is 18.2 Å². The molecule has 0 saturated carbocycles. The van der Waals surface area contributed by atoms with Gasteiger partial charge in [0.05, 0.1) is 25.4 Å². The Morgan fingerprint density at radius 2 is 0.920 bits per heavy atom. The van der Waals surface area contributed by atoms with Gasteiger partial charge in [-0.25, -0.2) is 0 Å². The third-order valence-electron chi connectivity index (χ3n) is 14.1. The van der Waals surface area contributed by atoms with E-state index in [4.69, 9.17) is 14.2 Å². The summed E-state index contributed by atoms with van der Waals surface area (Å²) < 4.78 is 17.6. The lowest BCUT2D eigenvalue weighted by Gasteiger charge is -2.41. The maximum Gasteiger partial charge on any atom is 0.306 e. The van der Waals surface area contributed by atoms with Crippen molar-refractivity contribution in [2.45, 2.75) is 307 Å². The maximum atomic E-state index is 13.4. The zero-order valence-electron chi connectivity index (χ0n) is 47.9. The largest absolute Gasteiger partial charge is 0.454 e. The van der Waals surface area contributed by atoms with Gasteiger partial charge in [0, 0.05) is 6.42 Å². The molecule has 11 nitrogen and oxygen atoms in total. The van der Waals surface area contributed by atoms with Gasteiger partial charge in [0.1, 0.15) is 24.4 Å². The van der Waals surface area contributed by atoms with Crippen molar-refractivity contribution in [1.29, 1.82) is 0 Å². The maximum absolute atomic E-state index is 13.4. The monoisotopic (exact) mass is 1060 g/mol. The highest BCUT2D eigenvalue weighted by molar-refractivity contribution is 5.80. The zero-order valence-corrected chi connectivity index (χ0v) is 47.9. The zero-order chi connectivity index (χ0) is 54.7. The molecule has 8 unspecified atom stereocenters. The minimum absolute atomic E-state index is 0.110. The Labute approximate surface area is 458 Å². The molecule has 0 aliphatic carbocycles. The molecule has 0 aromatic rings. The number of carbonyl (C=O) groups is 2. The SMILES string of the molecule is CCCCC/C=C\C/C=C\C/C=C\C/C=C\CCC(O)C(=O)NC(COC1OC(CO)C(O)C(O)C1OC(=O)CCCCCCCCC/C=C/CCCCCCCC)C(O)/C=C/CCCCCCCCCCCCC.